The second-order valence-electron chi connectivity index (χ2n) is 4.73. The van der Waals surface area contributed by atoms with Crippen LogP contribution in [0.25, 0.3) is 0 Å². The minimum Gasteiger partial charge on any atom is -0.422 e. The maximum atomic E-state index is 11.3. The maximum absolute atomic E-state index is 11.3. The van der Waals surface area contributed by atoms with Crippen molar-refractivity contribution in [2.24, 2.45) is 5.41 Å². The summed E-state index contributed by atoms with van der Waals surface area (Å²) in [6, 6.07) is 0. The Morgan fingerprint density at radius 3 is 2.33 bits per heavy atom. The highest BCUT2D eigenvalue weighted by molar-refractivity contribution is 5.67. The monoisotopic (exact) mass is 213 g/mol. The lowest BCUT2D eigenvalue weighted by Crippen LogP contribution is -2.42. The average Bonchev–Trinajstić information content (AvgIpc) is 2.68. The first kappa shape index (κ1) is 10.7. The lowest BCUT2D eigenvalue weighted by atomic mass is 9.77. The molecule has 1 aliphatic carbocycles. The van der Waals surface area contributed by atoms with Gasteiger partial charge in [0.1, 0.15) is 0 Å². The summed E-state index contributed by atoms with van der Waals surface area (Å²) in [6.07, 6.45) is 7.19. The van der Waals surface area contributed by atoms with Crippen molar-refractivity contribution in [1.82, 2.24) is 4.90 Å². The van der Waals surface area contributed by atoms with E-state index in [2.05, 4.69) is 4.74 Å². The van der Waals surface area contributed by atoms with Crippen LogP contribution in [0.4, 0.5) is 4.79 Å². The van der Waals surface area contributed by atoms with E-state index in [1.54, 1.807) is 4.90 Å². The highest BCUT2D eigenvalue weighted by atomic mass is 16.6. The Morgan fingerprint density at radius 1 is 1.20 bits per heavy atom. The van der Waals surface area contributed by atoms with E-state index in [4.69, 9.17) is 5.11 Å². The van der Waals surface area contributed by atoms with Crippen LogP contribution in [0.3, 0.4) is 0 Å². The fourth-order valence-electron chi connectivity index (χ4n) is 2.94. The van der Waals surface area contributed by atoms with Gasteiger partial charge in [-0.15, -0.1) is 0 Å². The van der Waals surface area contributed by atoms with Crippen molar-refractivity contribution in [3.05, 3.63) is 0 Å². The summed E-state index contributed by atoms with van der Waals surface area (Å²) in [7, 11) is 0. The van der Waals surface area contributed by atoms with Gasteiger partial charge in [-0.2, -0.15) is 0 Å². The van der Waals surface area contributed by atoms with Crippen molar-refractivity contribution in [3.8, 4) is 0 Å². The zero-order valence-corrected chi connectivity index (χ0v) is 9.07. The van der Waals surface area contributed by atoms with E-state index >= 15 is 0 Å². The maximum Gasteiger partial charge on any atom is 0.411 e. The first-order valence-electron chi connectivity index (χ1n) is 5.78. The Kier molecular flexibility index (Phi) is 3.14. The molecule has 15 heavy (non-hydrogen) atoms. The Hall–Kier alpha value is -0.770. The van der Waals surface area contributed by atoms with Gasteiger partial charge in [-0.3, -0.25) is 0 Å². The minimum absolute atomic E-state index is 0.370. The molecule has 0 radical (unpaired) electrons. The van der Waals surface area contributed by atoms with E-state index in [-0.39, 0.29) is 6.09 Å². The summed E-state index contributed by atoms with van der Waals surface area (Å²) >= 11 is 0. The van der Waals surface area contributed by atoms with E-state index in [1.165, 1.54) is 25.7 Å². The highest BCUT2D eigenvalue weighted by Gasteiger charge is 2.38. The summed E-state index contributed by atoms with van der Waals surface area (Å²) < 4.78 is 4.57. The smallest absolute Gasteiger partial charge is 0.411 e. The number of aliphatic hydroxyl groups excluding tert-OH is 1. The number of piperidine rings is 1. The second kappa shape index (κ2) is 4.39. The first-order chi connectivity index (χ1) is 7.26. The van der Waals surface area contributed by atoms with Gasteiger partial charge in [0.25, 0.3) is 0 Å². The molecule has 0 atom stereocenters. The molecule has 1 spiro atoms. The molecule has 1 saturated heterocycles. The molecule has 2 fully saturated rings. The number of carbonyl (C=O) groups excluding carboxylic acids is 1. The fourth-order valence-corrected chi connectivity index (χ4v) is 2.94. The lowest BCUT2D eigenvalue weighted by Gasteiger charge is -2.38. The third-order valence-electron chi connectivity index (χ3n) is 3.93. The molecule has 0 aromatic carbocycles. The molecule has 86 valence electrons. The van der Waals surface area contributed by atoms with E-state index in [0.717, 1.165) is 25.9 Å². The largest absolute Gasteiger partial charge is 0.422 e. The topological polar surface area (TPSA) is 49.8 Å². The van der Waals surface area contributed by atoms with Crippen molar-refractivity contribution in [2.75, 3.05) is 19.9 Å². The van der Waals surface area contributed by atoms with Gasteiger partial charge in [-0.1, -0.05) is 12.8 Å². The Morgan fingerprint density at radius 2 is 1.80 bits per heavy atom. The summed E-state index contributed by atoms with van der Waals surface area (Å²) in [5.74, 6) is 0. The van der Waals surface area contributed by atoms with E-state index in [1.807, 2.05) is 0 Å². The first-order valence-corrected chi connectivity index (χ1v) is 5.78. The molecule has 0 bridgehead atoms. The van der Waals surface area contributed by atoms with Gasteiger partial charge in [0, 0.05) is 13.1 Å². The number of carbonyl (C=O) groups is 1. The number of ether oxygens (including phenoxy) is 1. The van der Waals surface area contributed by atoms with Crippen LogP contribution in [0.2, 0.25) is 0 Å². The van der Waals surface area contributed by atoms with Gasteiger partial charge in [0.2, 0.25) is 0 Å². The van der Waals surface area contributed by atoms with Crippen LogP contribution in [0.15, 0.2) is 0 Å². The van der Waals surface area contributed by atoms with Crippen molar-refractivity contribution < 1.29 is 14.6 Å². The summed E-state index contributed by atoms with van der Waals surface area (Å²) in [6.45, 7) is 1.07. The molecule has 1 amide bonds. The fraction of sp³-hybridized carbons (Fsp3) is 0.909. The van der Waals surface area contributed by atoms with Gasteiger partial charge in [0.15, 0.2) is 6.79 Å². The highest BCUT2D eigenvalue weighted by Crippen LogP contribution is 2.46. The number of rotatable bonds is 1. The second-order valence-corrected chi connectivity index (χ2v) is 4.73. The average molecular weight is 213 g/mol. The molecule has 2 rings (SSSR count). The molecule has 4 heteroatoms. The minimum atomic E-state index is -0.513. The van der Waals surface area contributed by atoms with Crippen LogP contribution in [0.1, 0.15) is 38.5 Å². The predicted octanol–water partition coefficient (Wildman–Crippen LogP) is 1.73. The number of aliphatic hydroxyl groups is 1. The summed E-state index contributed by atoms with van der Waals surface area (Å²) in [4.78, 5) is 13.1. The van der Waals surface area contributed by atoms with E-state index in [9.17, 15) is 4.79 Å². The molecule has 1 aliphatic heterocycles. The van der Waals surface area contributed by atoms with Crippen molar-refractivity contribution in [1.29, 1.82) is 0 Å². The van der Waals surface area contributed by atoms with Gasteiger partial charge >= 0.3 is 6.09 Å². The van der Waals surface area contributed by atoms with Crippen LogP contribution in [0.5, 0.6) is 0 Å². The zero-order valence-electron chi connectivity index (χ0n) is 9.07. The predicted molar refractivity (Wildman–Crippen MR) is 55.3 cm³/mol. The van der Waals surface area contributed by atoms with Crippen molar-refractivity contribution in [2.45, 2.75) is 38.5 Å². The van der Waals surface area contributed by atoms with Crippen LogP contribution in [-0.4, -0.2) is 36.0 Å². The zero-order chi connectivity index (χ0) is 10.7. The molecule has 1 N–H and O–H groups in total. The number of amides is 1. The Balaban J connectivity index is 1.83. The third-order valence-corrected chi connectivity index (χ3v) is 3.93. The van der Waals surface area contributed by atoms with E-state index < -0.39 is 6.79 Å². The van der Waals surface area contributed by atoms with Crippen LogP contribution in [-0.2, 0) is 4.74 Å². The normalized spacial score (nSPS) is 24.5. The Bertz CT molecular complexity index is 226. The summed E-state index contributed by atoms with van der Waals surface area (Å²) in [5.41, 5.74) is 0.524. The van der Waals surface area contributed by atoms with Crippen LogP contribution < -0.4 is 0 Å². The third kappa shape index (κ3) is 2.25. The summed E-state index contributed by atoms with van der Waals surface area (Å²) in [5, 5.41) is 8.50. The van der Waals surface area contributed by atoms with Crippen LogP contribution in [0, 0.1) is 5.41 Å². The molecular formula is C11H19NO3. The van der Waals surface area contributed by atoms with Crippen LogP contribution >= 0.6 is 0 Å². The van der Waals surface area contributed by atoms with Gasteiger partial charge in [-0.25, -0.2) is 4.79 Å². The molecule has 1 heterocycles. The van der Waals surface area contributed by atoms with Gasteiger partial charge in [0.05, 0.1) is 0 Å². The van der Waals surface area contributed by atoms with Crippen molar-refractivity contribution in [3.63, 3.8) is 0 Å². The van der Waals surface area contributed by atoms with Gasteiger partial charge in [-0.05, 0) is 31.1 Å². The molecule has 4 nitrogen and oxygen atoms in total. The molecule has 0 aromatic heterocycles. The van der Waals surface area contributed by atoms with Crippen molar-refractivity contribution >= 4 is 6.09 Å². The molecule has 1 saturated carbocycles. The Labute approximate surface area is 90.2 Å². The molecule has 0 aromatic rings. The quantitative estimate of drug-likeness (QED) is 0.675. The molecule has 0 unspecified atom stereocenters. The SMILES string of the molecule is O=C(OCO)N1CCC2(CCCC2)CC1. The standard InChI is InChI=1S/C11H19NO3/c13-9-15-10(14)12-7-5-11(6-8-12)3-1-2-4-11/h13H,1-9H2. The van der Waals surface area contributed by atoms with Gasteiger partial charge < -0.3 is 14.7 Å². The number of hydrogen-bond acceptors (Lipinski definition) is 3. The molecular weight excluding hydrogens is 194 g/mol. The molecule has 2 aliphatic rings. The number of nitrogens with zero attached hydrogens (tertiary/aromatic N) is 1. The lowest BCUT2D eigenvalue weighted by molar-refractivity contribution is 0.0101. The van der Waals surface area contributed by atoms with E-state index in [0.29, 0.717) is 5.41 Å². The number of likely N-dealkylation sites (tertiary alicyclic amines) is 1. The number of hydrogen-bond donors (Lipinski definition) is 1.